The number of hydrogen-bond donors (Lipinski definition) is 2. The molecule has 6 heteroatoms. The van der Waals surface area contributed by atoms with Crippen LogP contribution in [0.5, 0.6) is 0 Å². The number of hydrogen-bond acceptors (Lipinski definition) is 5. The Hall–Kier alpha value is -1.82. The van der Waals surface area contributed by atoms with E-state index in [1.54, 1.807) is 0 Å². The van der Waals surface area contributed by atoms with Crippen molar-refractivity contribution >= 4 is 17.5 Å². The number of nitrogens with zero attached hydrogens (tertiary/aromatic N) is 3. The number of rotatable bonds is 3. The smallest absolute Gasteiger partial charge is 0.337 e. The van der Waals surface area contributed by atoms with E-state index in [0.717, 1.165) is 25.3 Å². The van der Waals surface area contributed by atoms with Crippen molar-refractivity contribution in [1.29, 1.82) is 0 Å². The third kappa shape index (κ3) is 2.43. The molecule has 1 unspecified atom stereocenters. The highest BCUT2D eigenvalue weighted by Crippen LogP contribution is 2.28. The van der Waals surface area contributed by atoms with Gasteiger partial charge in [-0.2, -0.15) is 0 Å². The molecule has 2 saturated heterocycles. The molecule has 0 aromatic carbocycles. The molecule has 1 aromatic rings. The van der Waals surface area contributed by atoms with Gasteiger partial charge in [-0.3, -0.25) is 4.90 Å². The van der Waals surface area contributed by atoms with Crippen LogP contribution < -0.4 is 10.6 Å². The minimum absolute atomic E-state index is 0.140. The highest BCUT2D eigenvalue weighted by molar-refractivity contribution is 5.89. The van der Waals surface area contributed by atoms with Crippen LogP contribution in [0, 0.1) is 0 Å². The molecular weight excluding hydrogens is 256 g/mol. The number of carboxylic acids is 1. The minimum Gasteiger partial charge on any atom is -0.478 e. The van der Waals surface area contributed by atoms with Crippen LogP contribution >= 0.6 is 0 Å². The fourth-order valence-electron chi connectivity index (χ4n) is 3.19. The maximum Gasteiger partial charge on any atom is 0.337 e. The van der Waals surface area contributed by atoms with Crippen molar-refractivity contribution in [2.24, 2.45) is 0 Å². The third-order valence-corrected chi connectivity index (χ3v) is 4.26. The first-order valence-electron chi connectivity index (χ1n) is 7.13. The Morgan fingerprint density at radius 1 is 1.35 bits per heavy atom. The average Bonchev–Trinajstić information content (AvgIpc) is 3.09. The van der Waals surface area contributed by atoms with Crippen molar-refractivity contribution in [2.75, 3.05) is 36.8 Å². The Kier molecular flexibility index (Phi) is 3.48. The summed E-state index contributed by atoms with van der Waals surface area (Å²) in [6.45, 7) is 4.26. The molecule has 0 saturated carbocycles. The fraction of sp³-hybridized carbons (Fsp3) is 0.571. The number of aromatic nitrogens is 1. The topological polar surface area (TPSA) is 82.7 Å². The van der Waals surface area contributed by atoms with Gasteiger partial charge >= 0.3 is 5.97 Å². The van der Waals surface area contributed by atoms with E-state index < -0.39 is 5.97 Å². The minimum atomic E-state index is -0.993. The van der Waals surface area contributed by atoms with Gasteiger partial charge in [0.25, 0.3) is 0 Å². The predicted octanol–water partition coefficient (Wildman–Crippen LogP) is 1.04. The maximum absolute atomic E-state index is 10.9. The summed E-state index contributed by atoms with van der Waals surface area (Å²) < 4.78 is 0. The molecule has 0 aliphatic carbocycles. The van der Waals surface area contributed by atoms with Crippen LogP contribution in [0.4, 0.5) is 11.5 Å². The molecule has 108 valence electrons. The first kappa shape index (κ1) is 13.2. The monoisotopic (exact) mass is 276 g/mol. The average molecular weight is 276 g/mol. The van der Waals surface area contributed by atoms with Crippen molar-refractivity contribution in [3.8, 4) is 0 Å². The van der Waals surface area contributed by atoms with Crippen molar-refractivity contribution in [3.05, 3.63) is 17.8 Å². The highest BCUT2D eigenvalue weighted by Gasteiger charge is 2.30. The van der Waals surface area contributed by atoms with Gasteiger partial charge in [0.15, 0.2) is 5.82 Å². The summed E-state index contributed by atoms with van der Waals surface area (Å²) >= 11 is 0. The van der Waals surface area contributed by atoms with Gasteiger partial charge in [0.05, 0.1) is 11.3 Å². The number of likely N-dealkylation sites (tertiary alicyclic amines) is 1. The zero-order valence-corrected chi connectivity index (χ0v) is 11.5. The first-order valence-corrected chi connectivity index (χ1v) is 7.13. The number of nitrogens with two attached hydrogens (primary N) is 1. The standard InChI is InChI=1S/C14H20N4O2/c15-12-7-10(14(19)20)8-16-13(12)18-6-3-11(9-18)17-4-1-2-5-17/h7-8,11H,1-6,9,15H2,(H,19,20). The van der Waals surface area contributed by atoms with E-state index in [1.807, 2.05) is 0 Å². The van der Waals surface area contributed by atoms with E-state index in [1.165, 1.54) is 38.2 Å². The summed E-state index contributed by atoms with van der Waals surface area (Å²) in [5, 5.41) is 8.94. The Balaban J connectivity index is 1.72. The van der Waals surface area contributed by atoms with Crippen molar-refractivity contribution in [1.82, 2.24) is 9.88 Å². The lowest BCUT2D eigenvalue weighted by molar-refractivity contribution is 0.0696. The number of carbonyl (C=O) groups is 1. The first-order chi connectivity index (χ1) is 9.65. The number of anilines is 2. The Morgan fingerprint density at radius 3 is 2.75 bits per heavy atom. The molecule has 1 aromatic heterocycles. The van der Waals surface area contributed by atoms with E-state index in [4.69, 9.17) is 10.8 Å². The largest absolute Gasteiger partial charge is 0.478 e. The van der Waals surface area contributed by atoms with E-state index in [0.29, 0.717) is 11.7 Å². The zero-order chi connectivity index (χ0) is 14.1. The molecule has 2 aliphatic rings. The normalized spacial score (nSPS) is 23.4. The summed E-state index contributed by atoms with van der Waals surface area (Å²) in [6, 6.07) is 2.08. The van der Waals surface area contributed by atoms with Crippen LogP contribution in [0.1, 0.15) is 29.6 Å². The van der Waals surface area contributed by atoms with Crippen LogP contribution in [-0.2, 0) is 0 Å². The van der Waals surface area contributed by atoms with E-state index in [9.17, 15) is 4.79 Å². The molecule has 0 radical (unpaired) electrons. The molecule has 3 N–H and O–H groups in total. The fourth-order valence-corrected chi connectivity index (χ4v) is 3.19. The molecule has 0 bridgehead atoms. The van der Waals surface area contributed by atoms with Gasteiger partial charge in [-0.25, -0.2) is 9.78 Å². The van der Waals surface area contributed by atoms with Crippen molar-refractivity contribution in [3.63, 3.8) is 0 Å². The van der Waals surface area contributed by atoms with Gasteiger partial charge in [0.2, 0.25) is 0 Å². The lowest BCUT2D eigenvalue weighted by Gasteiger charge is -2.24. The molecular formula is C14H20N4O2. The second-order valence-corrected chi connectivity index (χ2v) is 5.57. The van der Waals surface area contributed by atoms with Crippen LogP contribution in [0.15, 0.2) is 12.3 Å². The summed E-state index contributed by atoms with van der Waals surface area (Å²) in [5.41, 5.74) is 6.55. The zero-order valence-electron chi connectivity index (χ0n) is 11.5. The van der Waals surface area contributed by atoms with Gasteiger partial charge < -0.3 is 15.7 Å². The van der Waals surface area contributed by atoms with Crippen molar-refractivity contribution in [2.45, 2.75) is 25.3 Å². The van der Waals surface area contributed by atoms with Gasteiger partial charge in [0.1, 0.15) is 0 Å². The quantitative estimate of drug-likeness (QED) is 0.858. The summed E-state index contributed by atoms with van der Waals surface area (Å²) in [4.78, 5) is 19.9. The number of pyridine rings is 1. The number of carboxylic acid groups (broad SMARTS) is 1. The van der Waals surface area contributed by atoms with E-state index >= 15 is 0 Å². The van der Waals surface area contributed by atoms with Crippen LogP contribution in [0.25, 0.3) is 0 Å². The number of nitrogen functional groups attached to an aromatic ring is 1. The lowest BCUT2D eigenvalue weighted by Crippen LogP contribution is -2.35. The van der Waals surface area contributed by atoms with E-state index in [2.05, 4.69) is 14.8 Å². The van der Waals surface area contributed by atoms with Gasteiger partial charge in [-0.15, -0.1) is 0 Å². The Labute approximate surface area is 118 Å². The van der Waals surface area contributed by atoms with Gasteiger partial charge in [-0.1, -0.05) is 0 Å². The Morgan fingerprint density at radius 2 is 2.10 bits per heavy atom. The summed E-state index contributed by atoms with van der Waals surface area (Å²) in [6.07, 6.45) is 5.10. The molecule has 2 aliphatic heterocycles. The van der Waals surface area contributed by atoms with Crippen molar-refractivity contribution < 1.29 is 9.90 Å². The SMILES string of the molecule is Nc1cc(C(=O)O)cnc1N1CCC(N2CCCC2)C1. The van der Waals surface area contributed by atoms with Gasteiger partial charge in [0, 0.05) is 25.3 Å². The van der Waals surface area contributed by atoms with Gasteiger partial charge in [-0.05, 0) is 38.4 Å². The molecule has 0 spiro atoms. The second kappa shape index (κ2) is 5.28. The second-order valence-electron chi connectivity index (χ2n) is 5.57. The summed E-state index contributed by atoms with van der Waals surface area (Å²) in [7, 11) is 0. The molecule has 3 rings (SSSR count). The molecule has 2 fully saturated rings. The summed E-state index contributed by atoms with van der Waals surface area (Å²) in [5.74, 6) is -0.274. The van der Waals surface area contributed by atoms with E-state index in [-0.39, 0.29) is 5.56 Å². The maximum atomic E-state index is 10.9. The van der Waals surface area contributed by atoms with Crippen LogP contribution in [0.2, 0.25) is 0 Å². The molecule has 20 heavy (non-hydrogen) atoms. The molecule has 6 nitrogen and oxygen atoms in total. The Bertz CT molecular complexity index is 514. The van der Waals surface area contributed by atoms with Crippen LogP contribution in [-0.4, -0.2) is 53.2 Å². The highest BCUT2D eigenvalue weighted by atomic mass is 16.4. The third-order valence-electron chi connectivity index (χ3n) is 4.26. The molecule has 1 atom stereocenters. The molecule has 0 amide bonds. The van der Waals surface area contributed by atoms with Crippen LogP contribution in [0.3, 0.4) is 0 Å². The number of aromatic carboxylic acids is 1. The molecule has 3 heterocycles. The predicted molar refractivity (Wildman–Crippen MR) is 77.0 cm³/mol. The lowest BCUT2D eigenvalue weighted by atomic mass is 10.2.